The van der Waals surface area contributed by atoms with Gasteiger partial charge in [0.15, 0.2) is 9.84 Å². The second-order valence-corrected chi connectivity index (χ2v) is 6.61. The van der Waals surface area contributed by atoms with Crippen LogP contribution in [0.5, 0.6) is 0 Å². The molecule has 2 heterocycles. The van der Waals surface area contributed by atoms with Gasteiger partial charge in [0.25, 0.3) is 0 Å². The van der Waals surface area contributed by atoms with E-state index in [2.05, 4.69) is 5.32 Å². The number of hydrogen-bond donors (Lipinski definition) is 1. The van der Waals surface area contributed by atoms with E-state index in [1.54, 1.807) is 0 Å². The lowest BCUT2D eigenvalue weighted by molar-refractivity contribution is -0.0962. The first-order valence-electron chi connectivity index (χ1n) is 5.73. The van der Waals surface area contributed by atoms with Gasteiger partial charge in [0, 0.05) is 13.2 Å². The van der Waals surface area contributed by atoms with Crippen molar-refractivity contribution in [2.24, 2.45) is 0 Å². The summed E-state index contributed by atoms with van der Waals surface area (Å²) in [4.78, 5) is 0. The molecular formula is C10H19NO4S. The van der Waals surface area contributed by atoms with Gasteiger partial charge in [0.1, 0.15) is 5.60 Å². The van der Waals surface area contributed by atoms with Gasteiger partial charge in [-0.05, 0) is 13.3 Å². The average molecular weight is 249 g/mol. The molecule has 0 radical (unpaired) electrons. The molecule has 1 N–H and O–H groups in total. The van der Waals surface area contributed by atoms with Crippen LogP contribution in [0.25, 0.3) is 0 Å². The van der Waals surface area contributed by atoms with E-state index in [1.165, 1.54) is 0 Å². The molecule has 2 unspecified atom stereocenters. The van der Waals surface area contributed by atoms with E-state index in [-0.39, 0.29) is 17.5 Å². The Morgan fingerprint density at radius 3 is 3.00 bits per heavy atom. The molecule has 2 aliphatic heterocycles. The molecule has 0 amide bonds. The fraction of sp³-hybridized carbons (Fsp3) is 1.00. The van der Waals surface area contributed by atoms with E-state index in [0.717, 1.165) is 6.54 Å². The van der Waals surface area contributed by atoms with Crippen LogP contribution in [0.3, 0.4) is 0 Å². The molecule has 0 aromatic carbocycles. The van der Waals surface area contributed by atoms with Gasteiger partial charge >= 0.3 is 0 Å². The highest BCUT2D eigenvalue weighted by Crippen LogP contribution is 2.32. The highest BCUT2D eigenvalue weighted by molar-refractivity contribution is 7.91. The van der Waals surface area contributed by atoms with Crippen molar-refractivity contribution in [3.8, 4) is 0 Å². The van der Waals surface area contributed by atoms with Crippen molar-refractivity contribution in [1.29, 1.82) is 0 Å². The Morgan fingerprint density at radius 1 is 1.56 bits per heavy atom. The molecule has 1 spiro atoms. The smallest absolute Gasteiger partial charge is 0.153 e. The van der Waals surface area contributed by atoms with Crippen molar-refractivity contribution >= 4 is 9.84 Å². The highest BCUT2D eigenvalue weighted by atomic mass is 32.2. The predicted molar refractivity (Wildman–Crippen MR) is 60.2 cm³/mol. The average Bonchev–Trinajstić information content (AvgIpc) is 2.54. The summed E-state index contributed by atoms with van der Waals surface area (Å²) in [6.45, 7) is 4.44. The summed E-state index contributed by atoms with van der Waals surface area (Å²) in [6, 6.07) is -0.00141. The van der Waals surface area contributed by atoms with Crippen molar-refractivity contribution in [2.45, 2.75) is 25.0 Å². The van der Waals surface area contributed by atoms with E-state index >= 15 is 0 Å². The largest absolute Gasteiger partial charge is 0.380 e. The number of rotatable bonds is 3. The lowest BCUT2D eigenvalue weighted by atomic mass is 9.92. The molecule has 0 saturated carbocycles. The number of hydrogen-bond acceptors (Lipinski definition) is 5. The van der Waals surface area contributed by atoms with Crippen molar-refractivity contribution in [3.05, 3.63) is 0 Å². The van der Waals surface area contributed by atoms with Crippen LogP contribution in [0, 0.1) is 0 Å². The third-order valence-corrected chi connectivity index (χ3v) is 5.06. The first-order valence-corrected chi connectivity index (χ1v) is 7.56. The second-order valence-electron chi connectivity index (χ2n) is 4.42. The molecule has 2 saturated heterocycles. The van der Waals surface area contributed by atoms with Gasteiger partial charge in [-0.1, -0.05) is 0 Å². The number of sulfone groups is 1. The number of nitrogens with one attached hydrogen (secondary N) is 1. The van der Waals surface area contributed by atoms with Gasteiger partial charge in [-0.2, -0.15) is 0 Å². The lowest BCUT2D eigenvalue weighted by Crippen LogP contribution is -2.60. The minimum absolute atomic E-state index is 0.00141. The number of ether oxygens (including phenoxy) is 2. The summed E-state index contributed by atoms with van der Waals surface area (Å²) >= 11 is 0. The summed E-state index contributed by atoms with van der Waals surface area (Å²) in [5.74, 6) is 0.363. The van der Waals surface area contributed by atoms with E-state index < -0.39 is 15.4 Å². The fourth-order valence-electron chi connectivity index (χ4n) is 2.45. The zero-order valence-electron chi connectivity index (χ0n) is 9.57. The molecule has 2 rings (SSSR count). The van der Waals surface area contributed by atoms with Gasteiger partial charge in [0.05, 0.1) is 30.8 Å². The van der Waals surface area contributed by atoms with Crippen LogP contribution in [0.4, 0.5) is 0 Å². The maximum Gasteiger partial charge on any atom is 0.153 e. The molecule has 94 valence electrons. The highest BCUT2D eigenvalue weighted by Gasteiger charge is 2.50. The molecule has 0 aliphatic carbocycles. The Balaban J connectivity index is 2.10. The number of morpholine rings is 1. The van der Waals surface area contributed by atoms with Gasteiger partial charge in [-0.25, -0.2) is 8.42 Å². The molecule has 0 aromatic rings. The SMILES string of the molecule is CCOCC1NCCOC12CCS(=O)(=O)C2. The van der Waals surface area contributed by atoms with Crippen molar-refractivity contribution in [1.82, 2.24) is 5.32 Å². The maximum absolute atomic E-state index is 11.6. The third kappa shape index (κ3) is 2.40. The molecule has 16 heavy (non-hydrogen) atoms. The van der Waals surface area contributed by atoms with E-state index in [0.29, 0.717) is 26.2 Å². The molecule has 2 fully saturated rings. The van der Waals surface area contributed by atoms with Gasteiger partial charge in [0.2, 0.25) is 0 Å². The zero-order valence-corrected chi connectivity index (χ0v) is 10.4. The van der Waals surface area contributed by atoms with Crippen molar-refractivity contribution < 1.29 is 17.9 Å². The van der Waals surface area contributed by atoms with E-state index in [4.69, 9.17) is 9.47 Å². The van der Waals surface area contributed by atoms with Crippen molar-refractivity contribution in [3.63, 3.8) is 0 Å². The van der Waals surface area contributed by atoms with Crippen LogP contribution in [-0.2, 0) is 19.3 Å². The lowest BCUT2D eigenvalue weighted by Gasteiger charge is -2.40. The monoisotopic (exact) mass is 249 g/mol. The standard InChI is InChI=1S/C10H19NO4S/c1-2-14-7-9-10(15-5-4-11-9)3-6-16(12,13)8-10/h9,11H,2-8H2,1H3. The minimum Gasteiger partial charge on any atom is -0.380 e. The fourth-order valence-corrected chi connectivity index (χ4v) is 4.43. The molecule has 0 bridgehead atoms. The van der Waals surface area contributed by atoms with Crippen LogP contribution in [0.15, 0.2) is 0 Å². The second kappa shape index (κ2) is 4.60. The molecule has 2 atom stereocenters. The molecule has 0 aromatic heterocycles. The topological polar surface area (TPSA) is 64.6 Å². The quantitative estimate of drug-likeness (QED) is 0.735. The first-order chi connectivity index (χ1) is 7.58. The van der Waals surface area contributed by atoms with Crippen LogP contribution in [0.2, 0.25) is 0 Å². The molecule has 6 heteroatoms. The van der Waals surface area contributed by atoms with Gasteiger partial charge in [-0.15, -0.1) is 0 Å². The van der Waals surface area contributed by atoms with Crippen LogP contribution in [0.1, 0.15) is 13.3 Å². The Kier molecular flexibility index (Phi) is 3.53. The van der Waals surface area contributed by atoms with Gasteiger partial charge < -0.3 is 14.8 Å². The first kappa shape index (κ1) is 12.3. The normalized spacial score (nSPS) is 37.9. The summed E-state index contributed by atoms with van der Waals surface area (Å²) in [6.07, 6.45) is 0.583. The van der Waals surface area contributed by atoms with Gasteiger partial charge in [-0.3, -0.25) is 0 Å². The summed E-state index contributed by atoms with van der Waals surface area (Å²) < 4.78 is 34.3. The van der Waals surface area contributed by atoms with E-state index in [1.807, 2.05) is 6.92 Å². The Bertz CT molecular complexity index is 343. The summed E-state index contributed by atoms with van der Waals surface area (Å²) in [5.41, 5.74) is -0.549. The van der Waals surface area contributed by atoms with Crippen LogP contribution >= 0.6 is 0 Å². The molecule has 2 aliphatic rings. The molecular weight excluding hydrogens is 230 g/mol. The summed E-state index contributed by atoms with van der Waals surface area (Å²) in [5, 5.41) is 3.31. The minimum atomic E-state index is -2.93. The summed E-state index contributed by atoms with van der Waals surface area (Å²) in [7, 11) is -2.93. The molecule has 5 nitrogen and oxygen atoms in total. The maximum atomic E-state index is 11.6. The zero-order chi connectivity index (χ0) is 11.6. The Morgan fingerprint density at radius 2 is 2.38 bits per heavy atom. The van der Waals surface area contributed by atoms with Crippen LogP contribution in [-0.4, -0.2) is 57.9 Å². The van der Waals surface area contributed by atoms with Crippen molar-refractivity contribution in [2.75, 3.05) is 37.9 Å². The predicted octanol–water partition coefficient (Wildman–Crippen LogP) is -0.431. The Hall–Kier alpha value is -0.170. The van der Waals surface area contributed by atoms with Crippen LogP contribution < -0.4 is 5.32 Å². The third-order valence-electron chi connectivity index (χ3n) is 3.31. The Labute approximate surface area is 96.4 Å². The van der Waals surface area contributed by atoms with E-state index in [9.17, 15) is 8.42 Å².